The molecule has 5 heteroatoms. The van der Waals surface area contributed by atoms with Crippen LogP contribution in [0.1, 0.15) is 39.0 Å². The Kier molecular flexibility index (Phi) is 4.05. The molecule has 1 fully saturated rings. The SMILES string of the molecule is CCC(C(=O)O)[C@@H]1CCCC[C@H]1[N+](=O)[O-]. The number of carboxylic acids is 1. The number of nitrogens with zero attached hydrogens (tertiary/aromatic N) is 1. The van der Waals surface area contributed by atoms with E-state index >= 15 is 0 Å². The molecule has 86 valence electrons. The maximum Gasteiger partial charge on any atom is 0.307 e. The first kappa shape index (κ1) is 11.9. The summed E-state index contributed by atoms with van der Waals surface area (Å²) in [5.41, 5.74) is 0. The smallest absolute Gasteiger partial charge is 0.307 e. The number of aliphatic carboxylic acids is 1. The number of carboxylic acid groups (broad SMARTS) is 1. The zero-order chi connectivity index (χ0) is 11.4. The average molecular weight is 215 g/mol. The molecule has 0 saturated heterocycles. The van der Waals surface area contributed by atoms with Crippen LogP contribution in [0.3, 0.4) is 0 Å². The van der Waals surface area contributed by atoms with E-state index in [1.165, 1.54) is 0 Å². The summed E-state index contributed by atoms with van der Waals surface area (Å²) in [7, 11) is 0. The third-order valence-electron chi connectivity index (χ3n) is 3.33. The quantitative estimate of drug-likeness (QED) is 0.574. The molecule has 1 N–H and O–H groups in total. The van der Waals surface area contributed by atoms with E-state index in [0.717, 1.165) is 12.8 Å². The molecule has 3 atom stereocenters. The van der Waals surface area contributed by atoms with Crippen LogP contribution in [0.5, 0.6) is 0 Å². The van der Waals surface area contributed by atoms with Crippen LogP contribution in [-0.2, 0) is 4.79 Å². The van der Waals surface area contributed by atoms with Crippen LogP contribution in [0.4, 0.5) is 0 Å². The molecule has 1 aliphatic rings. The molecule has 0 amide bonds. The Hall–Kier alpha value is -1.13. The van der Waals surface area contributed by atoms with Gasteiger partial charge in [0.2, 0.25) is 6.04 Å². The van der Waals surface area contributed by atoms with Crippen molar-refractivity contribution in [3.8, 4) is 0 Å². The standard InChI is InChI=1S/C10H17NO4/c1-2-7(10(12)13)8-5-3-4-6-9(8)11(14)15/h7-9H,2-6H2,1H3,(H,12,13)/t7?,8-,9+/m0/s1. The van der Waals surface area contributed by atoms with Gasteiger partial charge in [0.15, 0.2) is 0 Å². The molecule has 0 aromatic carbocycles. The van der Waals surface area contributed by atoms with Crippen molar-refractivity contribution in [2.45, 2.75) is 45.1 Å². The summed E-state index contributed by atoms with van der Waals surface area (Å²) in [6.45, 7) is 1.78. The third kappa shape index (κ3) is 2.67. The summed E-state index contributed by atoms with van der Waals surface area (Å²) >= 11 is 0. The Morgan fingerprint density at radius 2 is 2.13 bits per heavy atom. The first-order chi connectivity index (χ1) is 7.07. The van der Waals surface area contributed by atoms with Crippen LogP contribution in [0, 0.1) is 22.0 Å². The van der Waals surface area contributed by atoms with Gasteiger partial charge < -0.3 is 5.11 Å². The maximum absolute atomic E-state index is 11.0. The van der Waals surface area contributed by atoms with Gasteiger partial charge in [-0.3, -0.25) is 14.9 Å². The molecule has 1 rings (SSSR count). The molecule has 0 spiro atoms. The molecule has 1 unspecified atom stereocenters. The predicted octanol–water partition coefficient (Wildman–Crippen LogP) is 1.93. The Morgan fingerprint density at radius 3 is 2.60 bits per heavy atom. The summed E-state index contributed by atoms with van der Waals surface area (Å²) < 4.78 is 0. The van der Waals surface area contributed by atoms with Gasteiger partial charge in [0.1, 0.15) is 0 Å². The van der Waals surface area contributed by atoms with Crippen molar-refractivity contribution in [2.24, 2.45) is 11.8 Å². The van der Waals surface area contributed by atoms with Gasteiger partial charge in [-0.2, -0.15) is 0 Å². The van der Waals surface area contributed by atoms with Gasteiger partial charge in [-0.25, -0.2) is 0 Å². The number of carbonyl (C=O) groups is 1. The van der Waals surface area contributed by atoms with Gasteiger partial charge in [-0.15, -0.1) is 0 Å². The van der Waals surface area contributed by atoms with Crippen LogP contribution in [0.2, 0.25) is 0 Å². The summed E-state index contributed by atoms with van der Waals surface area (Å²) in [6.07, 6.45) is 3.44. The van der Waals surface area contributed by atoms with E-state index in [1.807, 2.05) is 0 Å². The Balaban J connectivity index is 2.78. The lowest BCUT2D eigenvalue weighted by atomic mass is 9.75. The zero-order valence-electron chi connectivity index (χ0n) is 8.89. The second kappa shape index (κ2) is 5.09. The Labute approximate surface area is 88.6 Å². The first-order valence-electron chi connectivity index (χ1n) is 5.44. The summed E-state index contributed by atoms with van der Waals surface area (Å²) in [4.78, 5) is 21.5. The lowest BCUT2D eigenvalue weighted by Gasteiger charge is -2.29. The Morgan fingerprint density at radius 1 is 1.53 bits per heavy atom. The molecule has 0 heterocycles. The monoisotopic (exact) mass is 215 g/mol. The molecule has 1 saturated carbocycles. The van der Waals surface area contributed by atoms with E-state index in [0.29, 0.717) is 19.3 Å². The normalized spacial score (nSPS) is 28.3. The van der Waals surface area contributed by atoms with E-state index < -0.39 is 17.9 Å². The van der Waals surface area contributed by atoms with Crippen molar-refractivity contribution in [3.63, 3.8) is 0 Å². The van der Waals surface area contributed by atoms with Gasteiger partial charge in [0.25, 0.3) is 0 Å². The number of rotatable bonds is 4. The van der Waals surface area contributed by atoms with Crippen LogP contribution in [0.15, 0.2) is 0 Å². The molecule has 1 aliphatic carbocycles. The fraction of sp³-hybridized carbons (Fsp3) is 0.900. The van der Waals surface area contributed by atoms with Crippen molar-refractivity contribution >= 4 is 5.97 Å². The van der Waals surface area contributed by atoms with Gasteiger partial charge in [-0.05, 0) is 19.3 Å². The van der Waals surface area contributed by atoms with E-state index in [-0.39, 0.29) is 10.8 Å². The summed E-state index contributed by atoms with van der Waals surface area (Å²) in [5.74, 6) is -1.73. The minimum absolute atomic E-state index is 0.281. The van der Waals surface area contributed by atoms with Crippen LogP contribution < -0.4 is 0 Å². The third-order valence-corrected chi connectivity index (χ3v) is 3.33. The first-order valence-corrected chi connectivity index (χ1v) is 5.44. The summed E-state index contributed by atoms with van der Waals surface area (Å²) in [6, 6.07) is -0.653. The van der Waals surface area contributed by atoms with Crippen LogP contribution in [-0.4, -0.2) is 22.0 Å². The second-order valence-electron chi connectivity index (χ2n) is 4.15. The summed E-state index contributed by atoms with van der Waals surface area (Å²) in [5, 5.41) is 19.8. The average Bonchev–Trinajstić information content (AvgIpc) is 2.18. The highest BCUT2D eigenvalue weighted by atomic mass is 16.6. The fourth-order valence-corrected chi connectivity index (χ4v) is 2.53. The highest BCUT2D eigenvalue weighted by Gasteiger charge is 2.41. The van der Waals surface area contributed by atoms with Crippen LogP contribution in [0.25, 0.3) is 0 Å². The number of hydrogen-bond acceptors (Lipinski definition) is 3. The Bertz CT molecular complexity index is 238. The van der Waals surface area contributed by atoms with Crippen molar-refractivity contribution in [1.82, 2.24) is 0 Å². The van der Waals surface area contributed by atoms with Crippen molar-refractivity contribution in [2.75, 3.05) is 0 Å². The molecular formula is C10H17NO4. The van der Waals surface area contributed by atoms with E-state index in [9.17, 15) is 14.9 Å². The topological polar surface area (TPSA) is 80.4 Å². The lowest BCUT2D eigenvalue weighted by molar-refractivity contribution is -0.537. The number of hydrogen-bond donors (Lipinski definition) is 1. The van der Waals surface area contributed by atoms with E-state index in [1.54, 1.807) is 6.92 Å². The molecule has 0 bridgehead atoms. The van der Waals surface area contributed by atoms with E-state index in [4.69, 9.17) is 5.11 Å². The van der Waals surface area contributed by atoms with Crippen molar-refractivity contribution < 1.29 is 14.8 Å². The van der Waals surface area contributed by atoms with Crippen molar-refractivity contribution in [1.29, 1.82) is 0 Å². The zero-order valence-corrected chi connectivity index (χ0v) is 8.89. The highest BCUT2D eigenvalue weighted by molar-refractivity contribution is 5.70. The molecule has 0 aliphatic heterocycles. The molecular weight excluding hydrogens is 198 g/mol. The minimum atomic E-state index is -0.892. The minimum Gasteiger partial charge on any atom is -0.481 e. The van der Waals surface area contributed by atoms with Gasteiger partial charge in [0.05, 0.1) is 5.92 Å². The fourth-order valence-electron chi connectivity index (χ4n) is 2.53. The van der Waals surface area contributed by atoms with Gasteiger partial charge >= 0.3 is 5.97 Å². The lowest BCUT2D eigenvalue weighted by Crippen LogP contribution is -2.39. The molecule has 15 heavy (non-hydrogen) atoms. The predicted molar refractivity (Wildman–Crippen MR) is 54.2 cm³/mol. The number of nitro groups is 1. The van der Waals surface area contributed by atoms with Gasteiger partial charge in [0, 0.05) is 17.3 Å². The molecule has 5 nitrogen and oxygen atoms in total. The second-order valence-corrected chi connectivity index (χ2v) is 4.15. The largest absolute Gasteiger partial charge is 0.481 e. The van der Waals surface area contributed by atoms with Crippen LogP contribution >= 0.6 is 0 Å². The van der Waals surface area contributed by atoms with Gasteiger partial charge in [-0.1, -0.05) is 13.3 Å². The van der Waals surface area contributed by atoms with E-state index in [2.05, 4.69) is 0 Å². The highest BCUT2D eigenvalue weighted by Crippen LogP contribution is 2.33. The van der Waals surface area contributed by atoms with Crippen molar-refractivity contribution in [3.05, 3.63) is 10.1 Å². The molecule has 0 radical (unpaired) electrons. The maximum atomic E-state index is 11.0. The molecule has 0 aromatic heterocycles. The molecule has 0 aromatic rings.